The van der Waals surface area contributed by atoms with Gasteiger partial charge in [0.25, 0.3) is 0 Å². The highest BCUT2D eigenvalue weighted by Gasteiger charge is 2.23. The highest BCUT2D eigenvalue weighted by molar-refractivity contribution is 6.23. The Bertz CT molecular complexity index is 3050. The predicted octanol–water partition coefficient (Wildman–Crippen LogP) is 12.0. The van der Waals surface area contributed by atoms with Crippen LogP contribution >= 0.6 is 0 Å². The number of fused-ring (bicyclic) bond motifs is 7. The first-order valence-electron chi connectivity index (χ1n) is 18.7. The van der Waals surface area contributed by atoms with Crippen molar-refractivity contribution in [2.45, 2.75) is 6.92 Å². The summed E-state index contributed by atoms with van der Waals surface area (Å²) in [6.45, 7) is 2.19. The van der Waals surface area contributed by atoms with Crippen LogP contribution in [-0.4, -0.2) is 19.1 Å². The van der Waals surface area contributed by atoms with E-state index < -0.39 is 0 Å². The Labute approximate surface area is 319 Å². The lowest BCUT2D eigenvalue weighted by Gasteiger charge is -2.14. The molecule has 262 valence electrons. The van der Waals surface area contributed by atoms with Gasteiger partial charge in [-0.2, -0.15) is 0 Å². The summed E-state index contributed by atoms with van der Waals surface area (Å²) in [5.74, 6) is 0.942. The molecule has 0 spiro atoms. The number of benzene rings is 6. The van der Waals surface area contributed by atoms with E-state index in [1.54, 1.807) is 0 Å². The Balaban J connectivity index is 1.25. The van der Waals surface area contributed by atoms with Crippen LogP contribution in [0.5, 0.6) is 0 Å². The van der Waals surface area contributed by atoms with Crippen molar-refractivity contribution in [3.05, 3.63) is 199 Å². The maximum Gasteiger partial charge on any atom is 0.235 e. The van der Waals surface area contributed by atoms with E-state index in [9.17, 15) is 0 Å². The second-order valence-electron chi connectivity index (χ2n) is 14.1. The number of para-hydroxylation sites is 3. The molecule has 0 radical (unpaired) electrons. The fraction of sp³-hybridized carbons (Fsp3) is 0.0400. The number of allylic oxidation sites excluding steroid dienone is 7. The van der Waals surface area contributed by atoms with Gasteiger partial charge in [0, 0.05) is 44.1 Å². The summed E-state index contributed by atoms with van der Waals surface area (Å²) in [6, 6.07) is 53.2. The van der Waals surface area contributed by atoms with Crippen molar-refractivity contribution in [2.75, 3.05) is 0 Å². The van der Waals surface area contributed by atoms with Gasteiger partial charge in [0.2, 0.25) is 5.95 Å². The molecule has 0 amide bonds. The quantitative estimate of drug-likeness (QED) is 0.187. The summed E-state index contributed by atoms with van der Waals surface area (Å²) in [7, 11) is 0. The third-order valence-electron chi connectivity index (χ3n) is 10.7. The molecular weight excluding hydrogens is 671 g/mol. The zero-order valence-corrected chi connectivity index (χ0v) is 30.3. The minimum atomic E-state index is 0.340. The summed E-state index contributed by atoms with van der Waals surface area (Å²) >= 11 is 0. The molecule has 1 unspecified atom stereocenters. The number of rotatable bonds is 6. The van der Waals surface area contributed by atoms with Crippen molar-refractivity contribution in [1.29, 1.82) is 0 Å². The average molecular weight is 708 g/mol. The number of nitrogens with two attached hydrogens (primary N) is 1. The average Bonchev–Trinajstić information content (AvgIpc) is 3.77. The van der Waals surface area contributed by atoms with Crippen molar-refractivity contribution in [1.82, 2.24) is 19.1 Å². The summed E-state index contributed by atoms with van der Waals surface area (Å²) in [4.78, 5) is 10.8. The molecule has 6 aromatic carbocycles. The van der Waals surface area contributed by atoms with Crippen molar-refractivity contribution >= 4 is 49.3 Å². The Hall–Kier alpha value is -7.24. The Morgan fingerprint density at radius 2 is 1.18 bits per heavy atom. The summed E-state index contributed by atoms with van der Waals surface area (Å²) < 4.78 is 4.65. The Kier molecular flexibility index (Phi) is 7.85. The van der Waals surface area contributed by atoms with E-state index in [-0.39, 0.29) is 0 Å². The van der Waals surface area contributed by atoms with Crippen LogP contribution < -0.4 is 5.73 Å². The summed E-state index contributed by atoms with van der Waals surface area (Å²) in [5.41, 5.74) is 18.7. The van der Waals surface area contributed by atoms with E-state index in [1.807, 2.05) is 12.1 Å². The second kappa shape index (κ2) is 13.3. The lowest BCUT2D eigenvalue weighted by Crippen LogP contribution is -2.05. The number of aromatic nitrogens is 4. The molecule has 0 saturated heterocycles. The standard InChI is InChI=1S/C50H37N5/c1-33-15-8-9-16-34(33)27-30-43(51)36-19-14-20-37(31-36)45-32-44(35-17-4-2-5-18-35)52-50(53-45)55-47-26-13-11-24-40(47)42-29-28-41-39-23-10-12-25-46(39)54(48(41)49(42)55)38-21-6-3-7-22-38/h2-33H,51H2,1H3/b34-27-,43-30-. The monoisotopic (exact) mass is 707 g/mol. The van der Waals surface area contributed by atoms with Gasteiger partial charge in [0.05, 0.1) is 33.5 Å². The SMILES string of the molecule is CC1C=CC=C/C1=C/C=C(\N)c1cccc(-c2cc(-c3ccccc3)nc(-n3c4ccccc4c4ccc5c6ccccc6n(-c6ccccc6)c5c43)n2)c1. The van der Waals surface area contributed by atoms with Gasteiger partial charge in [0.1, 0.15) is 0 Å². The van der Waals surface area contributed by atoms with Crippen LogP contribution in [0.3, 0.4) is 0 Å². The van der Waals surface area contributed by atoms with E-state index in [0.717, 1.165) is 66.6 Å². The maximum absolute atomic E-state index is 6.74. The van der Waals surface area contributed by atoms with Crippen molar-refractivity contribution in [3.63, 3.8) is 0 Å². The van der Waals surface area contributed by atoms with Crippen LogP contribution in [0.1, 0.15) is 12.5 Å². The van der Waals surface area contributed by atoms with E-state index in [1.165, 1.54) is 16.3 Å². The smallest absolute Gasteiger partial charge is 0.235 e. The van der Waals surface area contributed by atoms with Gasteiger partial charge in [-0.1, -0.05) is 153 Å². The zero-order valence-electron chi connectivity index (χ0n) is 30.3. The molecule has 3 aromatic heterocycles. The first-order chi connectivity index (χ1) is 27.1. The minimum Gasteiger partial charge on any atom is -0.398 e. The number of hydrogen-bond acceptors (Lipinski definition) is 3. The van der Waals surface area contributed by atoms with Crippen LogP contribution in [0.25, 0.3) is 83.5 Å². The van der Waals surface area contributed by atoms with Gasteiger partial charge in [-0.15, -0.1) is 0 Å². The summed E-state index contributed by atoms with van der Waals surface area (Å²) in [6.07, 6.45) is 12.6. The lowest BCUT2D eigenvalue weighted by atomic mass is 9.96. The van der Waals surface area contributed by atoms with Crippen LogP contribution in [0.15, 0.2) is 194 Å². The van der Waals surface area contributed by atoms with Gasteiger partial charge in [-0.25, -0.2) is 9.97 Å². The molecule has 10 rings (SSSR count). The van der Waals surface area contributed by atoms with Crippen LogP contribution in [0.2, 0.25) is 0 Å². The molecule has 5 heteroatoms. The van der Waals surface area contributed by atoms with E-state index in [2.05, 4.69) is 192 Å². The molecular formula is C50H37N5. The molecule has 0 bridgehead atoms. The predicted molar refractivity (Wildman–Crippen MR) is 229 cm³/mol. The summed E-state index contributed by atoms with van der Waals surface area (Å²) in [5, 5.41) is 4.66. The molecule has 0 saturated carbocycles. The van der Waals surface area contributed by atoms with E-state index >= 15 is 0 Å². The first kappa shape index (κ1) is 32.4. The first-order valence-corrected chi connectivity index (χ1v) is 18.7. The molecule has 9 aromatic rings. The van der Waals surface area contributed by atoms with Crippen molar-refractivity contribution < 1.29 is 0 Å². The molecule has 55 heavy (non-hydrogen) atoms. The highest BCUT2D eigenvalue weighted by Crippen LogP contribution is 2.41. The lowest BCUT2D eigenvalue weighted by molar-refractivity contribution is 0.884. The fourth-order valence-corrected chi connectivity index (χ4v) is 8.00. The van der Waals surface area contributed by atoms with Gasteiger partial charge < -0.3 is 10.3 Å². The van der Waals surface area contributed by atoms with Crippen molar-refractivity contribution in [3.8, 4) is 34.2 Å². The normalized spacial score (nSPS) is 15.3. The molecule has 5 nitrogen and oxygen atoms in total. The molecule has 3 heterocycles. The third kappa shape index (κ3) is 5.56. The molecule has 0 aliphatic heterocycles. The van der Waals surface area contributed by atoms with Crippen LogP contribution in [0.4, 0.5) is 0 Å². The van der Waals surface area contributed by atoms with Crippen LogP contribution in [0, 0.1) is 5.92 Å². The molecule has 1 atom stereocenters. The van der Waals surface area contributed by atoms with E-state index in [0.29, 0.717) is 17.6 Å². The van der Waals surface area contributed by atoms with Gasteiger partial charge in [-0.05, 0) is 59.5 Å². The second-order valence-corrected chi connectivity index (χ2v) is 14.1. The van der Waals surface area contributed by atoms with E-state index in [4.69, 9.17) is 15.7 Å². The number of hydrogen-bond donors (Lipinski definition) is 1. The highest BCUT2D eigenvalue weighted by atomic mass is 15.2. The van der Waals surface area contributed by atoms with Gasteiger partial charge in [-0.3, -0.25) is 4.57 Å². The maximum atomic E-state index is 6.74. The third-order valence-corrected chi connectivity index (χ3v) is 10.7. The molecule has 1 aliphatic rings. The van der Waals surface area contributed by atoms with Gasteiger partial charge >= 0.3 is 0 Å². The van der Waals surface area contributed by atoms with Crippen LogP contribution in [-0.2, 0) is 0 Å². The molecule has 1 aliphatic carbocycles. The fourth-order valence-electron chi connectivity index (χ4n) is 8.00. The zero-order chi connectivity index (χ0) is 36.9. The largest absolute Gasteiger partial charge is 0.398 e. The molecule has 2 N–H and O–H groups in total. The van der Waals surface area contributed by atoms with Gasteiger partial charge in [0.15, 0.2) is 0 Å². The minimum absolute atomic E-state index is 0.340. The van der Waals surface area contributed by atoms with Crippen molar-refractivity contribution in [2.24, 2.45) is 11.7 Å². The topological polar surface area (TPSA) is 61.7 Å². The number of nitrogens with zero attached hydrogens (tertiary/aromatic N) is 4. The Morgan fingerprint density at radius 3 is 1.89 bits per heavy atom. The Morgan fingerprint density at radius 1 is 0.582 bits per heavy atom. The molecule has 0 fully saturated rings.